The number of hydrogen-bond donors (Lipinski definition) is 1. The number of carbonyl (C=O) groups is 2. The first-order chi connectivity index (χ1) is 15.3. The Morgan fingerprint density at radius 3 is 2.38 bits per heavy atom. The smallest absolute Gasteiger partial charge is 0.278 e. The van der Waals surface area contributed by atoms with Crippen LogP contribution in [-0.2, 0) is 14.3 Å². The largest absolute Gasteiger partial charge is 0.379 e. The van der Waals surface area contributed by atoms with Crippen LogP contribution in [0.2, 0.25) is 5.02 Å². The Bertz CT molecular complexity index is 1090. The molecule has 0 atom stereocenters. The lowest BCUT2D eigenvalue weighted by atomic mass is 9.97. The van der Waals surface area contributed by atoms with Gasteiger partial charge in [-0.3, -0.25) is 19.4 Å². The third kappa shape index (κ3) is 4.58. The van der Waals surface area contributed by atoms with Crippen LogP contribution in [-0.4, -0.2) is 61.0 Å². The molecule has 2 aliphatic rings. The van der Waals surface area contributed by atoms with E-state index >= 15 is 0 Å². The Kier molecular flexibility index (Phi) is 6.65. The summed E-state index contributed by atoms with van der Waals surface area (Å²) in [6.07, 6.45) is 0. The van der Waals surface area contributed by atoms with Crippen LogP contribution >= 0.6 is 11.6 Å². The first-order valence-electron chi connectivity index (χ1n) is 10.9. The summed E-state index contributed by atoms with van der Waals surface area (Å²) in [4.78, 5) is 30.5. The predicted octanol–water partition coefficient (Wildman–Crippen LogP) is 3.79. The lowest BCUT2D eigenvalue weighted by molar-refractivity contribution is -0.137. The van der Waals surface area contributed by atoms with Crippen LogP contribution in [0, 0.1) is 20.8 Å². The van der Waals surface area contributed by atoms with Gasteiger partial charge in [0.2, 0.25) is 0 Å². The first kappa shape index (κ1) is 22.5. The van der Waals surface area contributed by atoms with Gasteiger partial charge in [0.1, 0.15) is 5.70 Å². The van der Waals surface area contributed by atoms with Gasteiger partial charge in [-0.05, 0) is 55.7 Å². The summed E-state index contributed by atoms with van der Waals surface area (Å²) >= 11 is 6.10. The number of nitrogens with zero attached hydrogens (tertiary/aromatic N) is 2. The van der Waals surface area contributed by atoms with Crippen LogP contribution in [0.25, 0.3) is 5.57 Å². The molecule has 0 aromatic heterocycles. The number of carbonyl (C=O) groups excluding carboxylic acids is 2. The quantitative estimate of drug-likeness (QED) is 0.674. The summed E-state index contributed by atoms with van der Waals surface area (Å²) in [7, 11) is 0. The van der Waals surface area contributed by atoms with Crippen molar-refractivity contribution >= 4 is 34.7 Å². The molecule has 32 heavy (non-hydrogen) atoms. The monoisotopic (exact) mass is 453 g/mol. The molecule has 2 aromatic carbocycles. The van der Waals surface area contributed by atoms with Crippen LogP contribution in [0.4, 0.5) is 5.69 Å². The fraction of sp³-hybridized carbons (Fsp3) is 0.360. The zero-order chi connectivity index (χ0) is 22.8. The van der Waals surface area contributed by atoms with E-state index in [0.29, 0.717) is 42.6 Å². The summed E-state index contributed by atoms with van der Waals surface area (Å²) in [6.45, 7) is 9.85. The predicted molar refractivity (Wildman–Crippen MR) is 127 cm³/mol. The normalized spacial score (nSPS) is 17.4. The van der Waals surface area contributed by atoms with Gasteiger partial charge in [0.25, 0.3) is 11.8 Å². The minimum Gasteiger partial charge on any atom is -0.379 e. The molecular formula is C25H28ClN3O3. The zero-order valence-electron chi connectivity index (χ0n) is 18.7. The number of halogens is 1. The van der Waals surface area contributed by atoms with E-state index in [9.17, 15) is 9.59 Å². The van der Waals surface area contributed by atoms with Gasteiger partial charge in [0, 0.05) is 36.9 Å². The fourth-order valence-corrected chi connectivity index (χ4v) is 4.43. The van der Waals surface area contributed by atoms with E-state index < -0.39 is 0 Å². The number of hydrogen-bond acceptors (Lipinski definition) is 5. The van der Waals surface area contributed by atoms with E-state index in [4.69, 9.17) is 16.3 Å². The molecule has 4 rings (SSSR count). The second kappa shape index (κ2) is 9.45. The average molecular weight is 454 g/mol. The van der Waals surface area contributed by atoms with Gasteiger partial charge in [0.05, 0.1) is 18.8 Å². The molecule has 2 amide bonds. The molecule has 2 heterocycles. The minimum absolute atomic E-state index is 0.260. The van der Waals surface area contributed by atoms with Crippen molar-refractivity contribution < 1.29 is 14.3 Å². The van der Waals surface area contributed by atoms with Crippen molar-refractivity contribution in [2.24, 2.45) is 0 Å². The van der Waals surface area contributed by atoms with E-state index in [0.717, 1.165) is 41.0 Å². The van der Waals surface area contributed by atoms with Gasteiger partial charge in [-0.25, -0.2) is 0 Å². The lowest BCUT2D eigenvalue weighted by Gasteiger charge is -2.28. The van der Waals surface area contributed by atoms with E-state index in [1.54, 1.807) is 6.07 Å². The standard InChI is InChI=1S/C25H28ClN3O3/c1-16-4-6-20(17(2)14-16)22-23(27-21-7-5-19(26)15-18(21)3)25(31)29(24(22)30)9-8-28-10-12-32-13-11-28/h4-7,14-15,27H,8-13H2,1-3H3. The van der Waals surface area contributed by atoms with Crippen molar-refractivity contribution in [1.29, 1.82) is 0 Å². The highest BCUT2D eigenvalue weighted by Gasteiger charge is 2.39. The molecule has 0 bridgehead atoms. The van der Waals surface area contributed by atoms with Crippen LogP contribution in [0.3, 0.4) is 0 Å². The second-order valence-corrected chi connectivity index (χ2v) is 8.81. The van der Waals surface area contributed by atoms with E-state index in [1.807, 2.05) is 51.1 Å². The third-order valence-corrected chi connectivity index (χ3v) is 6.25. The van der Waals surface area contributed by atoms with E-state index in [-0.39, 0.29) is 11.8 Å². The molecule has 1 fully saturated rings. The highest BCUT2D eigenvalue weighted by atomic mass is 35.5. The van der Waals surface area contributed by atoms with Crippen molar-refractivity contribution in [3.05, 3.63) is 69.4 Å². The Morgan fingerprint density at radius 1 is 0.938 bits per heavy atom. The van der Waals surface area contributed by atoms with Gasteiger partial charge >= 0.3 is 0 Å². The summed E-state index contributed by atoms with van der Waals surface area (Å²) in [6, 6.07) is 11.4. The van der Waals surface area contributed by atoms with Crippen molar-refractivity contribution in [3.8, 4) is 0 Å². The lowest BCUT2D eigenvalue weighted by Crippen LogP contribution is -2.43. The second-order valence-electron chi connectivity index (χ2n) is 8.37. The van der Waals surface area contributed by atoms with Gasteiger partial charge in [-0.15, -0.1) is 0 Å². The van der Waals surface area contributed by atoms with Gasteiger partial charge in [-0.2, -0.15) is 0 Å². The highest BCUT2D eigenvalue weighted by molar-refractivity contribution is 6.36. The number of amides is 2. The van der Waals surface area contributed by atoms with Gasteiger partial charge < -0.3 is 10.1 Å². The third-order valence-electron chi connectivity index (χ3n) is 6.01. The van der Waals surface area contributed by atoms with Crippen LogP contribution in [0.15, 0.2) is 42.1 Å². The molecular weight excluding hydrogens is 426 g/mol. The number of rotatable bonds is 6. The van der Waals surface area contributed by atoms with E-state index in [2.05, 4.69) is 10.2 Å². The maximum Gasteiger partial charge on any atom is 0.278 e. The maximum atomic E-state index is 13.5. The molecule has 6 nitrogen and oxygen atoms in total. The number of nitrogens with one attached hydrogen (secondary N) is 1. The molecule has 1 N–H and O–H groups in total. The number of benzene rings is 2. The summed E-state index contributed by atoms with van der Waals surface area (Å²) in [5.41, 5.74) is 5.23. The van der Waals surface area contributed by atoms with Crippen LogP contribution in [0.5, 0.6) is 0 Å². The van der Waals surface area contributed by atoms with Crippen molar-refractivity contribution in [3.63, 3.8) is 0 Å². The Hall–Kier alpha value is -2.67. The number of anilines is 1. The van der Waals surface area contributed by atoms with Gasteiger partial charge in [0.15, 0.2) is 0 Å². The molecule has 0 radical (unpaired) electrons. The molecule has 0 unspecified atom stereocenters. The molecule has 2 aromatic rings. The van der Waals surface area contributed by atoms with Crippen molar-refractivity contribution in [1.82, 2.24) is 9.80 Å². The molecule has 0 aliphatic carbocycles. The zero-order valence-corrected chi connectivity index (χ0v) is 19.5. The summed E-state index contributed by atoms with van der Waals surface area (Å²) in [5, 5.41) is 3.87. The minimum atomic E-state index is -0.299. The molecule has 1 saturated heterocycles. The summed E-state index contributed by atoms with van der Waals surface area (Å²) < 4.78 is 5.40. The van der Waals surface area contributed by atoms with Crippen LogP contribution in [0.1, 0.15) is 22.3 Å². The van der Waals surface area contributed by atoms with Gasteiger partial charge in [-0.1, -0.05) is 35.4 Å². The maximum absolute atomic E-state index is 13.5. The molecule has 0 saturated carbocycles. The Morgan fingerprint density at radius 2 is 1.69 bits per heavy atom. The number of ether oxygens (including phenoxy) is 1. The summed E-state index contributed by atoms with van der Waals surface area (Å²) in [5.74, 6) is -0.558. The molecule has 2 aliphatic heterocycles. The topological polar surface area (TPSA) is 61.9 Å². The van der Waals surface area contributed by atoms with E-state index in [1.165, 1.54) is 4.90 Å². The molecule has 0 spiro atoms. The SMILES string of the molecule is Cc1ccc(C2=C(Nc3ccc(Cl)cc3C)C(=O)N(CCN3CCOCC3)C2=O)c(C)c1. The number of morpholine rings is 1. The fourth-order valence-electron chi connectivity index (χ4n) is 4.21. The van der Waals surface area contributed by atoms with Crippen LogP contribution < -0.4 is 5.32 Å². The number of aryl methyl sites for hydroxylation is 3. The molecule has 168 valence electrons. The molecule has 7 heteroatoms. The highest BCUT2D eigenvalue weighted by Crippen LogP contribution is 2.33. The average Bonchev–Trinajstić information content (AvgIpc) is 2.99. The number of imide groups is 1. The Labute approximate surface area is 193 Å². The Balaban J connectivity index is 1.68. The van der Waals surface area contributed by atoms with Crippen molar-refractivity contribution in [2.45, 2.75) is 20.8 Å². The first-order valence-corrected chi connectivity index (χ1v) is 11.2. The van der Waals surface area contributed by atoms with Crippen molar-refractivity contribution in [2.75, 3.05) is 44.7 Å².